The van der Waals surface area contributed by atoms with E-state index < -0.39 is 5.91 Å². The summed E-state index contributed by atoms with van der Waals surface area (Å²) >= 11 is 2.52. The maximum Gasteiger partial charge on any atom is 0.253 e. The Morgan fingerprint density at radius 2 is 1.93 bits per heavy atom. The van der Waals surface area contributed by atoms with Crippen molar-refractivity contribution in [2.75, 3.05) is 16.8 Å². The second-order valence-electron chi connectivity index (χ2n) is 5.73. The molecule has 3 rings (SSSR count). The van der Waals surface area contributed by atoms with E-state index in [0.717, 1.165) is 16.3 Å². The van der Waals surface area contributed by atoms with Crippen molar-refractivity contribution in [2.24, 2.45) is 5.73 Å². The van der Waals surface area contributed by atoms with Crippen LogP contribution >= 0.6 is 23.5 Å². The van der Waals surface area contributed by atoms with Crippen LogP contribution in [0.1, 0.15) is 11.4 Å². The van der Waals surface area contributed by atoms with Gasteiger partial charge in [-0.3, -0.25) is 9.59 Å². The number of carbonyl (C=O) groups excluding carboxylic acids is 2. The Morgan fingerprint density at radius 3 is 2.70 bits per heavy atom. The third-order valence-electron chi connectivity index (χ3n) is 3.46. The number of aryl methyl sites for hydroxylation is 2. The monoisotopic (exact) mass is 402 g/mol. The lowest BCUT2D eigenvalue weighted by atomic mass is 10.3. The van der Waals surface area contributed by atoms with E-state index in [1.807, 2.05) is 38.1 Å². The smallest absolute Gasteiger partial charge is 0.253 e. The molecule has 2 aromatic heterocycles. The molecule has 0 bridgehead atoms. The molecule has 0 saturated carbocycles. The molecule has 0 radical (unpaired) electrons. The van der Waals surface area contributed by atoms with Crippen LogP contribution in [-0.4, -0.2) is 42.9 Å². The number of aromatic nitrogens is 4. The van der Waals surface area contributed by atoms with Crippen LogP contribution in [0, 0.1) is 13.8 Å². The second-order valence-corrected chi connectivity index (χ2v) is 7.69. The number of nitrogens with zero attached hydrogens (tertiary/aromatic N) is 4. The van der Waals surface area contributed by atoms with Crippen molar-refractivity contribution in [3.8, 4) is 0 Å². The Bertz CT molecular complexity index is 1000. The highest BCUT2D eigenvalue weighted by Gasteiger charge is 2.12. The third kappa shape index (κ3) is 4.98. The standard InChI is InChI=1S/C17H18N6O2S2/c1-10-7-11(2)23-16(19-10)21-17(22-23)27-9-15(25)20-12-5-3-4-6-13(12)26-8-14(18)24/h3-7H,8-9H2,1-2H3,(H2,18,24)(H,20,25). The fourth-order valence-corrected chi connectivity index (χ4v) is 3.74. The van der Waals surface area contributed by atoms with Gasteiger partial charge in [-0.25, -0.2) is 9.50 Å². The molecule has 0 atom stereocenters. The van der Waals surface area contributed by atoms with Crippen LogP contribution in [0.25, 0.3) is 5.78 Å². The molecule has 8 nitrogen and oxygen atoms in total. The van der Waals surface area contributed by atoms with Gasteiger partial charge in [-0.15, -0.1) is 16.9 Å². The van der Waals surface area contributed by atoms with E-state index >= 15 is 0 Å². The maximum atomic E-state index is 12.3. The van der Waals surface area contributed by atoms with Crippen LogP contribution in [0.4, 0.5) is 5.69 Å². The molecule has 140 valence electrons. The van der Waals surface area contributed by atoms with Crippen LogP contribution in [0.15, 0.2) is 40.4 Å². The molecule has 3 N–H and O–H groups in total. The van der Waals surface area contributed by atoms with Gasteiger partial charge in [0.1, 0.15) is 0 Å². The van der Waals surface area contributed by atoms with Crippen LogP contribution in [-0.2, 0) is 9.59 Å². The molecule has 10 heteroatoms. The van der Waals surface area contributed by atoms with Crippen molar-refractivity contribution in [1.29, 1.82) is 0 Å². The van der Waals surface area contributed by atoms with E-state index in [0.29, 0.717) is 16.6 Å². The molecule has 2 heterocycles. The summed E-state index contributed by atoms with van der Waals surface area (Å²) in [6, 6.07) is 9.19. The highest BCUT2D eigenvalue weighted by Crippen LogP contribution is 2.27. The van der Waals surface area contributed by atoms with Crippen molar-refractivity contribution >= 4 is 46.8 Å². The number of anilines is 1. The normalized spacial score (nSPS) is 10.9. The Morgan fingerprint density at radius 1 is 1.15 bits per heavy atom. The first kappa shape index (κ1) is 19.2. The van der Waals surface area contributed by atoms with E-state index in [1.165, 1.54) is 23.5 Å². The number of amides is 2. The highest BCUT2D eigenvalue weighted by molar-refractivity contribution is 8.00. The van der Waals surface area contributed by atoms with E-state index in [4.69, 9.17) is 5.73 Å². The minimum atomic E-state index is -0.409. The summed E-state index contributed by atoms with van der Waals surface area (Å²) in [5.74, 6) is 0.228. The van der Waals surface area contributed by atoms with Gasteiger partial charge in [0.2, 0.25) is 17.0 Å². The number of nitrogens with two attached hydrogens (primary N) is 1. The van der Waals surface area contributed by atoms with Gasteiger partial charge >= 0.3 is 0 Å². The zero-order valence-electron chi connectivity index (χ0n) is 14.8. The molecular weight excluding hydrogens is 384 g/mol. The van der Waals surface area contributed by atoms with Gasteiger partial charge in [0.15, 0.2) is 0 Å². The number of fused-ring (bicyclic) bond motifs is 1. The van der Waals surface area contributed by atoms with Gasteiger partial charge in [0, 0.05) is 16.3 Å². The molecule has 27 heavy (non-hydrogen) atoms. The van der Waals surface area contributed by atoms with E-state index in [9.17, 15) is 9.59 Å². The van der Waals surface area contributed by atoms with Crippen LogP contribution < -0.4 is 11.1 Å². The molecule has 0 aliphatic carbocycles. The highest BCUT2D eigenvalue weighted by atomic mass is 32.2. The molecular formula is C17H18N6O2S2. The number of primary amides is 1. The quantitative estimate of drug-likeness (QED) is 0.581. The van der Waals surface area contributed by atoms with E-state index in [2.05, 4.69) is 20.4 Å². The van der Waals surface area contributed by atoms with Gasteiger partial charge in [-0.2, -0.15) is 4.98 Å². The van der Waals surface area contributed by atoms with Crippen molar-refractivity contribution < 1.29 is 9.59 Å². The zero-order chi connectivity index (χ0) is 19.4. The Hall–Kier alpha value is -2.59. The summed E-state index contributed by atoms with van der Waals surface area (Å²) in [6.07, 6.45) is 0. The van der Waals surface area contributed by atoms with Crippen LogP contribution in [0.5, 0.6) is 0 Å². The number of thioether (sulfide) groups is 2. The third-order valence-corrected chi connectivity index (χ3v) is 5.40. The molecule has 0 aliphatic heterocycles. The molecule has 0 aliphatic rings. The summed E-state index contributed by atoms with van der Waals surface area (Å²) in [4.78, 5) is 32.7. The summed E-state index contributed by atoms with van der Waals surface area (Å²) in [7, 11) is 0. The number of benzene rings is 1. The minimum absolute atomic E-state index is 0.151. The van der Waals surface area contributed by atoms with E-state index in [-0.39, 0.29) is 17.4 Å². The number of hydrogen-bond donors (Lipinski definition) is 2. The Kier molecular flexibility index (Phi) is 5.97. The van der Waals surface area contributed by atoms with Crippen LogP contribution in [0.2, 0.25) is 0 Å². The van der Waals surface area contributed by atoms with Crippen LogP contribution in [0.3, 0.4) is 0 Å². The topological polar surface area (TPSA) is 115 Å². The number of rotatable bonds is 7. The van der Waals surface area contributed by atoms with Crippen molar-refractivity contribution in [2.45, 2.75) is 23.9 Å². The van der Waals surface area contributed by atoms with Crippen molar-refractivity contribution in [3.05, 3.63) is 41.7 Å². The van der Waals surface area contributed by atoms with Gasteiger partial charge in [-0.1, -0.05) is 23.9 Å². The minimum Gasteiger partial charge on any atom is -0.369 e. The number of nitrogens with one attached hydrogen (secondary N) is 1. The number of carbonyl (C=O) groups is 2. The van der Waals surface area contributed by atoms with E-state index in [1.54, 1.807) is 10.6 Å². The zero-order valence-corrected chi connectivity index (χ0v) is 16.4. The second kappa shape index (κ2) is 8.40. The largest absolute Gasteiger partial charge is 0.369 e. The maximum absolute atomic E-state index is 12.3. The first-order valence-electron chi connectivity index (χ1n) is 8.06. The Labute approximate surface area is 164 Å². The Balaban J connectivity index is 1.63. The SMILES string of the molecule is Cc1cc(C)n2nc(SCC(=O)Nc3ccccc3SCC(N)=O)nc2n1. The molecule has 0 unspecified atom stereocenters. The molecule has 3 aromatic rings. The fraction of sp³-hybridized carbons (Fsp3) is 0.235. The molecule has 2 amide bonds. The molecule has 0 spiro atoms. The lowest BCUT2D eigenvalue weighted by Gasteiger charge is -2.09. The first-order valence-corrected chi connectivity index (χ1v) is 10.0. The van der Waals surface area contributed by atoms with Gasteiger partial charge in [-0.05, 0) is 32.0 Å². The predicted octanol–water partition coefficient (Wildman–Crippen LogP) is 2.05. The predicted molar refractivity (Wildman–Crippen MR) is 106 cm³/mol. The average Bonchev–Trinajstić information content (AvgIpc) is 3.02. The summed E-state index contributed by atoms with van der Waals surface area (Å²) < 4.78 is 1.66. The van der Waals surface area contributed by atoms with Gasteiger partial charge < -0.3 is 11.1 Å². The number of hydrogen-bond acceptors (Lipinski definition) is 7. The first-order chi connectivity index (χ1) is 12.9. The fourth-order valence-electron chi connectivity index (χ4n) is 2.37. The average molecular weight is 403 g/mol. The van der Waals surface area contributed by atoms with Gasteiger partial charge in [0.05, 0.1) is 17.2 Å². The molecule has 0 saturated heterocycles. The molecule has 0 fully saturated rings. The summed E-state index contributed by atoms with van der Waals surface area (Å²) in [6.45, 7) is 3.83. The van der Waals surface area contributed by atoms with Gasteiger partial charge in [0.25, 0.3) is 5.78 Å². The lowest BCUT2D eigenvalue weighted by Crippen LogP contribution is -2.16. The van der Waals surface area contributed by atoms with Crippen molar-refractivity contribution in [1.82, 2.24) is 19.6 Å². The lowest BCUT2D eigenvalue weighted by molar-refractivity contribution is -0.115. The summed E-state index contributed by atoms with van der Waals surface area (Å²) in [5.41, 5.74) is 7.63. The summed E-state index contributed by atoms with van der Waals surface area (Å²) in [5, 5.41) is 7.71. The number of para-hydroxylation sites is 1. The molecule has 1 aromatic carbocycles. The van der Waals surface area contributed by atoms with Crippen molar-refractivity contribution in [3.63, 3.8) is 0 Å².